The fourth-order valence-corrected chi connectivity index (χ4v) is 2.63. The van der Waals surface area contributed by atoms with Gasteiger partial charge in [0.05, 0.1) is 7.11 Å². The van der Waals surface area contributed by atoms with Crippen LogP contribution in [-0.4, -0.2) is 40.5 Å². The van der Waals surface area contributed by atoms with Crippen LogP contribution in [0.2, 0.25) is 0 Å². The molecular formula is C19H16O8. The SMILES string of the molecule is COC(=O)[C@@H]1Oc2cc(/C=C/C(=O)O)ccc2O[C@H]1c1ccc(O)c(O)c1. The topological polar surface area (TPSA) is 123 Å². The third-order valence-electron chi connectivity index (χ3n) is 3.93. The van der Waals surface area contributed by atoms with E-state index in [0.29, 0.717) is 16.9 Å². The predicted octanol–water partition coefficient (Wildman–Crippen LogP) is 2.25. The Bertz CT molecular complexity index is 918. The van der Waals surface area contributed by atoms with Crippen molar-refractivity contribution >= 4 is 18.0 Å². The zero-order valence-corrected chi connectivity index (χ0v) is 14.2. The third-order valence-corrected chi connectivity index (χ3v) is 3.93. The summed E-state index contributed by atoms with van der Waals surface area (Å²) >= 11 is 0. The monoisotopic (exact) mass is 372 g/mol. The summed E-state index contributed by atoms with van der Waals surface area (Å²) in [6.07, 6.45) is 0.274. The minimum Gasteiger partial charge on any atom is -0.504 e. The molecule has 2 aromatic carbocycles. The highest BCUT2D eigenvalue weighted by Gasteiger charge is 2.39. The smallest absolute Gasteiger partial charge is 0.351 e. The average molecular weight is 372 g/mol. The molecule has 1 aliphatic heterocycles. The van der Waals surface area contributed by atoms with E-state index in [1.54, 1.807) is 12.1 Å². The Morgan fingerprint density at radius 3 is 2.48 bits per heavy atom. The van der Waals surface area contributed by atoms with Crippen LogP contribution in [0.5, 0.6) is 23.0 Å². The number of carbonyl (C=O) groups is 2. The Hall–Kier alpha value is -3.68. The number of hydrogen-bond acceptors (Lipinski definition) is 7. The summed E-state index contributed by atoms with van der Waals surface area (Å²) in [7, 11) is 1.21. The van der Waals surface area contributed by atoms with Gasteiger partial charge in [-0.1, -0.05) is 12.1 Å². The second-order valence-corrected chi connectivity index (χ2v) is 5.73. The predicted molar refractivity (Wildman–Crippen MR) is 92.7 cm³/mol. The summed E-state index contributed by atoms with van der Waals surface area (Å²) in [5.41, 5.74) is 0.949. The van der Waals surface area contributed by atoms with E-state index in [0.717, 1.165) is 6.08 Å². The van der Waals surface area contributed by atoms with Crippen molar-refractivity contribution in [3.63, 3.8) is 0 Å². The standard InChI is InChI=1S/C19H16O8/c1-25-19(24)18-17(11-4-5-12(20)13(21)9-11)26-14-6-2-10(3-7-16(22)23)8-15(14)27-18/h2-9,17-18,20-21H,1H3,(H,22,23)/b7-3+/t17-,18+/m0/s1. The van der Waals surface area contributed by atoms with E-state index in [9.17, 15) is 19.8 Å². The minimum absolute atomic E-state index is 0.247. The molecule has 2 atom stereocenters. The number of carboxylic acids is 1. The maximum atomic E-state index is 12.2. The number of aromatic hydroxyl groups is 2. The van der Waals surface area contributed by atoms with Gasteiger partial charge in [0.2, 0.25) is 6.10 Å². The number of fused-ring (bicyclic) bond motifs is 1. The Morgan fingerprint density at radius 2 is 1.81 bits per heavy atom. The first kappa shape index (κ1) is 18.1. The van der Waals surface area contributed by atoms with Crippen LogP contribution in [-0.2, 0) is 14.3 Å². The molecule has 0 spiro atoms. The highest BCUT2D eigenvalue weighted by atomic mass is 16.6. The molecule has 0 saturated heterocycles. The number of esters is 1. The normalized spacial score (nSPS) is 18.3. The van der Waals surface area contributed by atoms with Crippen molar-refractivity contribution in [1.82, 2.24) is 0 Å². The zero-order valence-electron chi connectivity index (χ0n) is 14.2. The molecule has 0 radical (unpaired) electrons. The molecule has 0 unspecified atom stereocenters. The lowest BCUT2D eigenvalue weighted by Crippen LogP contribution is -2.40. The van der Waals surface area contributed by atoms with Crippen LogP contribution in [0.25, 0.3) is 6.08 Å². The first-order chi connectivity index (χ1) is 12.9. The van der Waals surface area contributed by atoms with E-state index in [-0.39, 0.29) is 17.2 Å². The number of phenolic OH excluding ortho intramolecular Hbond substituents is 2. The van der Waals surface area contributed by atoms with Gasteiger partial charge in [-0.25, -0.2) is 9.59 Å². The maximum absolute atomic E-state index is 12.2. The van der Waals surface area contributed by atoms with Gasteiger partial charge in [-0.2, -0.15) is 0 Å². The number of aliphatic carboxylic acids is 1. The highest BCUT2D eigenvalue weighted by Crippen LogP contribution is 2.42. The van der Waals surface area contributed by atoms with Crippen LogP contribution in [0.3, 0.4) is 0 Å². The highest BCUT2D eigenvalue weighted by molar-refractivity contribution is 5.85. The Balaban J connectivity index is 1.98. The van der Waals surface area contributed by atoms with Crippen molar-refractivity contribution < 1.29 is 39.1 Å². The van der Waals surface area contributed by atoms with E-state index >= 15 is 0 Å². The molecular weight excluding hydrogens is 356 g/mol. The van der Waals surface area contributed by atoms with Crippen molar-refractivity contribution in [2.45, 2.75) is 12.2 Å². The second-order valence-electron chi connectivity index (χ2n) is 5.73. The van der Waals surface area contributed by atoms with Gasteiger partial charge in [0.1, 0.15) is 0 Å². The van der Waals surface area contributed by atoms with Gasteiger partial charge >= 0.3 is 11.9 Å². The average Bonchev–Trinajstić information content (AvgIpc) is 2.66. The molecule has 8 nitrogen and oxygen atoms in total. The van der Waals surface area contributed by atoms with Gasteiger partial charge in [-0.15, -0.1) is 0 Å². The lowest BCUT2D eigenvalue weighted by molar-refractivity contribution is -0.155. The van der Waals surface area contributed by atoms with Crippen LogP contribution in [0.15, 0.2) is 42.5 Å². The third kappa shape index (κ3) is 3.79. The number of phenols is 2. The van der Waals surface area contributed by atoms with Crippen LogP contribution in [0, 0.1) is 0 Å². The van der Waals surface area contributed by atoms with Crippen LogP contribution >= 0.6 is 0 Å². The van der Waals surface area contributed by atoms with E-state index in [4.69, 9.17) is 19.3 Å². The lowest BCUT2D eigenvalue weighted by atomic mass is 10.0. The maximum Gasteiger partial charge on any atom is 0.351 e. The molecule has 8 heteroatoms. The molecule has 0 saturated carbocycles. The van der Waals surface area contributed by atoms with E-state index < -0.39 is 24.1 Å². The van der Waals surface area contributed by atoms with Crippen molar-refractivity contribution in [1.29, 1.82) is 0 Å². The first-order valence-corrected chi connectivity index (χ1v) is 7.87. The summed E-state index contributed by atoms with van der Waals surface area (Å²) in [5.74, 6) is -1.87. The van der Waals surface area contributed by atoms with Gasteiger partial charge in [0, 0.05) is 11.6 Å². The van der Waals surface area contributed by atoms with Crippen molar-refractivity contribution in [3.8, 4) is 23.0 Å². The summed E-state index contributed by atoms with van der Waals surface area (Å²) in [6.45, 7) is 0. The molecule has 0 bridgehead atoms. The van der Waals surface area contributed by atoms with Gasteiger partial charge < -0.3 is 29.5 Å². The summed E-state index contributed by atoms with van der Waals surface area (Å²) in [6, 6.07) is 8.79. The quantitative estimate of drug-likeness (QED) is 0.424. The van der Waals surface area contributed by atoms with Gasteiger partial charge in [-0.05, 0) is 35.9 Å². The van der Waals surface area contributed by atoms with E-state index in [1.807, 2.05) is 0 Å². The number of benzene rings is 2. The molecule has 1 heterocycles. The first-order valence-electron chi connectivity index (χ1n) is 7.87. The largest absolute Gasteiger partial charge is 0.504 e. The van der Waals surface area contributed by atoms with Crippen molar-refractivity contribution in [2.24, 2.45) is 0 Å². The number of ether oxygens (including phenoxy) is 3. The molecule has 27 heavy (non-hydrogen) atoms. The van der Waals surface area contributed by atoms with Crippen LogP contribution < -0.4 is 9.47 Å². The van der Waals surface area contributed by atoms with Crippen molar-refractivity contribution in [3.05, 3.63) is 53.6 Å². The zero-order chi connectivity index (χ0) is 19.6. The molecule has 3 N–H and O–H groups in total. The molecule has 0 amide bonds. The Labute approximate surface area is 153 Å². The van der Waals surface area contributed by atoms with Gasteiger partial charge in [0.25, 0.3) is 0 Å². The Kier molecular flexibility index (Phi) is 4.89. The number of rotatable bonds is 4. The van der Waals surface area contributed by atoms with Crippen LogP contribution in [0.1, 0.15) is 17.2 Å². The van der Waals surface area contributed by atoms with E-state index in [2.05, 4.69) is 0 Å². The van der Waals surface area contributed by atoms with Crippen molar-refractivity contribution in [2.75, 3.05) is 7.11 Å². The van der Waals surface area contributed by atoms with Gasteiger partial charge in [-0.3, -0.25) is 0 Å². The summed E-state index contributed by atoms with van der Waals surface area (Å²) in [4.78, 5) is 22.8. The molecule has 0 aliphatic carbocycles. The molecule has 2 aromatic rings. The van der Waals surface area contributed by atoms with E-state index in [1.165, 1.54) is 37.5 Å². The fraction of sp³-hybridized carbons (Fsp3) is 0.158. The fourth-order valence-electron chi connectivity index (χ4n) is 2.63. The lowest BCUT2D eigenvalue weighted by Gasteiger charge is -2.32. The molecule has 3 rings (SSSR count). The summed E-state index contributed by atoms with van der Waals surface area (Å²) < 4.78 is 16.4. The Morgan fingerprint density at radius 1 is 1.04 bits per heavy atom. The minimum atomic E-state index is -1.16. The van der Waals surface area contributed by atoms with Gasteiger partial charge in [0.15, 0.2) is 29.1 Å². The van der Waals surface area contributed by atoms with Crippen LogP contribution in [0.4, 0.5) is 0 Å². The summed E-state index contributed by atoms with van der Waals surface area (Å²) in [5, 5.41) is 27.9. The molecule has 0 aromatic heterocycles. The second kappa shape index (κ2) is 7.28. The number of carbonyl (C=O) groups excluding carboxylic acids is 1. The number of carboxylic acid groups (broad SMARTS) is 1. The molecule has 0 fully saturated rings. The number of methoxy groups -OCH3 is 1. The molecule has 140 valence electrons. The number of hydrogen-bond donors (Lipinski definition) is 3. The molecule has 1 aliphatic rings.